The number of hydrogen-bond acceptors (Lipinski definition) is 4. The Morgan fingerprint density at radius 1 is 1.07 bits per heavy atom. The third-order valence-corrected chi connectivity index (χ3v) is 4.19. The summed E-state index contributed by atoms with van der Waals surface area (Å²) in [5.74, 6) is -0.0506. The van der Waals surface area contributed by atoms with Crippen LogP contribution < -0.4 is 5.32 Å². The van der Waals surface area contributed by atoms with Crippen LogP contribution in [0.4, 0.5) is 10.2 Å². The highest BCUT2D eigenvalue weighted by atomic mass is 19.1. The number of amides is 1. The molecule has 0 radical (unpaired) electrons. The van der Waals surface area contributed by atoms with Gasteiger partial charge in [-0.15, -0.1) is 0 Å². The molecule has 3 aromatic heterocycles. The van der Waals surface area contributed by atoms with Gasteiger partial charge in [-0.2, -0.15) is 5.10 Å². The zero-order chi connectivity index (χ0) is 18.8. The topological polar surface area (TPSA) is 72.7 Å². The molecular weight excluding hydrogens is 345 g/mol. The molecule has 3 heterocycles. The molecule has 0 fully saturated rings. The summed E-state index contributed by atoms with van der Waals surface area (Å²) >= 11 is 0. The highest BCUT2D eigenvalue weighted by molar-refractivity contribution is 5.96. The van der Waals surface area contributed by atoms with Crippen molar-refractivity contribution >= 4 is 22.8 Å². The van der Waals surface area contributed by atoms with Crippen LogP contribution in [-0.2, 0) is 11.3 Å². The van der Waals surface area contributed by atoms with Crippen LogP contribution in [-0.4, -0.2) is 25.7 Å². The quantitative estimate of drug-likeness (QED) is 0.603. The number of halogens is 1. The van der Waals surface area contributed by atoms with Gasteiger partial charge in [-0.1, -0.05) is 18.2 Å². The molecule has 0 atom stereocenters. The summed E-state index contributed by atoms with van der Waals surface area (Å²) < 4.78 is 14.8. The summed E-state index contributed by atoms with van der Waals surface area (Å²) in [4.78, 5) is 20.8. The number of carbonyl (C=O) groups is 1. The number of fused-ring (bicyclic) bond motifs is 1. The van der Waals surface area contributed by atoms with E-state index in [1.54, 1.807) is 47.4 Å². The average Bonchev–Trinajstić information content (AvgIpc) is 2.99. The molecule has 0 unspecified atom stereocenters. The monoisotopic (exact) mass is 361 g/mol. The van der Waals surface area contributed by atoms with Crippen LogP contribution in [0.25, 0.3) is 22.2 Å². The fourth-order valence-corrected chi connectivity index (χ4v) is 3.02. The predicted molar refractivity (Wildman–Crippen MR) is 101 cm³/mol. The van der Waals surface area contributed by atoms with Gasteiger partial charge >= 0.3 is 0 Å². The van der Waals surface area contributed by atoms with Gasteiger partial charge in [-0.25, -0.2) is 19.0 Å². The van der Waals surface area contributed by atoms with Gasteiger partial charge in [0.15, 0.2) is 5.65 Å². The van der Waals surface area contributed by atoms with Crippen LogP contribution >= 0.6 is 0 Å². The van der Waals surface area contributed by atoms with Gasteiger partial charge in [-0.3, -0.25) is 4.79 Å². The number of benzene rings is 1. The van der Waals surface area contributed by atoms with Crippen molar-refractivity contribution in [2.24, 2.45) is 0 Å². The number of nitrogens with zero attached hydrogens (tertiary/aromatic N) is 4. The largest absolute Gasteiger partial charge is 0.309 e. The Hall–Kier alpha value is -3.61. The number of carbonyl (C=O) groups excluding carboxylic acids is 1. The highest BCUT2D eigenvalue weighted by Crippen LogP contribution is 2.29. The van der Waals surface area contributed by atoms with Gasteiger partial charge in [-0.05, 0) is 48.4 Å². The number of aryl methyl sites for hydroxylation is 1. The lowest BCUT2D eigenvalue weighted by molar-refractivity contribution is -0.116. The Morgan fingerprint density at radius 3 is 2.63 bits per heavy atom. The lowest BCUT2D eigenvalue weighted by Gasteiger charge is -2.06. The predicted octanol–water partition coefficient (Wildman–Crippen LogP) is 3.58. The van der Waals surface area contributed by atoms with Gasteiger partial charge < -0.3 is 5.32 Å². The molecule has 4 rings (SSSR count). The van der Waals surface area contributed by atoms with Gasteiger partial charge in [0, 0.05) is 17.8 Å². The van der Waals surface area contributed by atoms with Crippen molar-refractivity contribution in [3.8, 4) is 11.1 Å². The molecule has 1 N–H and O–H groups in total. The molecular formula is C20H16FN5O. The Bertz CT molecular complexity index is 1110. The number of nitrogens with one attached hydrogen (secondary N) is 1. The third-order valence-electron chi connectivity index (χ3n) is 4.19. The van der Waals surface area contributed by atoms with Crippen LogP contribution in [0.1, 0.15) is 5.69 Å². The van der Waals surface area contributed by atoms with Gasteiger partial charge in [0.05, 0.1) is 5.69 Å². The smallest absolute Gasteiger partial charge is 0.247 e. The van der Waals surface area contributed by atoms with Crippen molar-refractivity contribution in [1.82, 2.24) is 19.7 Å². The van der Waals surface area contributed by atoms with E-state index in [1.165, 1.54) is 12.1 Å². The van der Waals surface area contributed by atoms with E-state index >= 15 is 0 Å². The Balaban J connectivity index is 1.68. The minimum atomic E-state index is -0.289. The van der Waals surface area contributed by atoms with Gasteiger partial charge in [0.2, 0.25) is 5.91 Å². The molecule has 134 valence electrons. The summed E-state index contributed by atoms with van der Waals surface area (Å²) in [5, 5.41) is 8.05. The molecule has 0 aliphatic rings. The molecule has 0 saturated heterocycles. The molecule has 6 nitrogen and oxygen atoms in total. The molecule has 0 saturated carbocycles. The van der Waals surface area contributed by atoms with Crippen molar-refractivity contribution < 1.29 is 9.18 Å². The molecule has 0 aliphatic heterocycles. The lowest BCUT2D eigenvalue weighted by atomic mass is 10.0. The summed E-state index contributed by atoms with van der Waals surface area (Å²) in [6.45, 7) is 1.88. The van der Waals surface area contributed by atoms with E-state index in [4.69, 9.17) is 0 Å². The highest BCUT2D eigenvalue weighted by Gasteiger charge is 2.16. The SMILES string of the molecule is Cc1nn(CC(=O)Nc2ccccn2)c2nccc(-c3ccc(F)cc3)c12. The maximum atomic E-state index is 13.2. The maximum absolute atomic E-state index is 13.2. The number of rotatable bonds is 4. The van der Waals surface area contributed by atoms with E-state index in [9.17, 15) is 9.18 Å². The van der Waals surface area contributed by atoms with Crippen LogP contribution in [0.15, 0.2) is 60.9 Å². The first-order chi connectivity index (χ1) is 13.1. The summed E-state index contributed by atoms with van der Waals surface area (Å²) in [6, 6.07) is 13.4. The first kappa shape index (κ1) is 16.8. The Labute approximate surface area is 154 Å². The zero-order valence-corrected chi connectivity index (χ0v) is 14.6. The first-order valence-corrected chi connectivity index (χ1v) is 8.41. The van der Waals surface area contributed by atoms with E-state index in [0.717, 1.165) is 22.2 Å². The van der Waals surface area contributed by atoms with Crippen LogP contribution in [0.5, 0.6) is 0 Å². The van der Waals surface area contributed by atoms with Crippen molar-refractivity contribution in [2.45, 2.75) is 13.5 Å². The lowest BCUT2D eigenvalue weighted by Crippen LogP contribution is -2.20. The number of hydrogen-bond donors (Lipinski definition) is 1. The van der Waals surface area contributed by atoms with Crippen molar-refractivity contribution in [1.29, 1.82) is 0 Å². The van der Waals surface area contributed by atoms with E-state index < -0.39 is 0 Å². The number of anilines is 1. The normalized spacial score (nSPS) is 10.9. The molecule has 0 bridgehead atoms. The molecule has 27 heavy (non-hydrogen) atoms. The fraction of sp³-hybridized carbons (Fsp3) is 0.100. The van der Waals surface area contributed by atoms with Crippen molar-refractivity contribution in [3.63, 3.8) is 0 Å². The molecule has 0 aliphatic carbocycles. The zero-order valence-electron chi connectivity index (χ0n) is 14.6. The molecule has 1 aromatic carbocycles. The Kier molecular flexibility index (Phi) is 4.33. The van der Waals surface area contributed by atoms with Crippen LogP contribution in [0.2, 0.25) is 0 Å². The Morgan fingerprint density at radius 2 is 1.89 bits per heavy atom. The van der Waals surface area contributed by atoms with Gasteiger partial charge in [0.25, 0.3) is 0 Å². The second-order valence-electron chi connectivity index (χ2n) is 6.07. The van der Waals surface area contributed by atoms with E-state index in [1.807, 2.05) is 13.0 Å². The summed E-state index contributed by atoms with van der Waals surface area (Å²) in [7, 11) is 0. The standard InChI is InChI=1S/C20H16FN5O/c1-13-19-16(14-5-7-15(21)8-6-14)9-11-23-20(19)26(25-13)12-18(27)24-17-4-2-3-10-22-17/h2-11H,12H2,1H3,(H,22,24,27). The van der Waals surface area contributed by atoms with Crippen LogP contribution in [0, 0.1) is 12.7 Å². The van der Waals surface area contributed by atoms with Crippen molar-refractivity contribution in [2.75, 3.05) is 5.32 Å². The summed E-state index contributed by atoms with van der Waals surface area (Å²) in [5.41, 5.74) is 3.12. The molecule has 7 heteroatoms. The second kappa shape index (κ2) is 6.95. The fourth-order valence-electron chi connectivity index (χ4n) is 3.02. The number of aromatic nitrogens is 4. The maximum Gasteiger partial charge on any atom is 0.247 e. The second-order valence-corrected chi connectivity index (χ2v) is 6.07. The first-order valence-electron chi connectivity index (χ1n) is 8.41. The molecule has 0 spiro atoms. The van der Waals surface area contributed by atoms with E-state index in [2.05, 4.69) is 20.4 Å². The van der Waals surface area contributed by atoms with Crippen LogP contribution in [0.3, 0.4) is 0 Å². The van der Waals surface area contributed by atoms with Crippen molar-refractivity contribution in [3.05, 3.63) is 72.4 Å². The van der Waals surface area contributed by atoms with Gasteiger partial charge in [0.1, 0.15) is 18.2 Å². The minimum absolute atomic E-state index is 0.0147. The minimum Gasteiger partial charge on any atom is -0.309 e. The number of pyridine rings is 2. The average molecular weight is 361 g/mol. The third kappa shape index (κ3) is 3.39. The van der Waals surface area contributed by atoms with E-state index in [0.29, 0.717) is 11.5 Å². The van der Waals surface area contributed by atoms with E-state index in [-0.39, 0.29) is 18.3 Å². The molecule has 1 amide bonds. The molecule has 4 aromatic rings. The summed E-state index contributed by atoms with van der Waals surface area (Å²) in [6.07, 6.45) is 3.27.